The van der Waals surface area contributed by atoms with E-state index in [0.29, 0.717) is 10.7 Å². The van der Waals surface area contributed by atoms with E-state index in [1.54, 1.807) is 24.3 Å². The Morgan fingerprint density at radius 2 is 1.94 bits per heavy atom. The Hall–Kier alpha value is -1.07. The highest BCUT2D eigenvalue weighted by molar-refractivity contribution is 9.09. The van der Waals surface area contributed by atoms with E-state index in [2.05, 4.69) is 20.7 Å². The zero-order valence-corrected chi connectivity index (χ0v) is 11.5. The van der Waals surface area contributed by atoms with Crippen LogP contribution < -0.4 is 4.90 Å². The zero-order chi connectivity index (χ0) is 12.8. The van der Waals surface area contributed by atoms with Gasteiger partial charge in [-0.3, -0.25) is 9.69 Å². The van der Waals surface area contributed by atoms with Crippen LogP contribution in [0.4, 0.5) is 10.5 Å². The number of alkyl halides is 1. The molecule has 0 aliphatic heterocycles. The van der Waals surface area contributed by atoms with Gasteiger partial charge in [0.2, 0.25) is 0 Å². The number of nitrogens with zero attached hydrogens (tertiary/aromatic N) is 1. The largest absolute Gasteiger partial charge is 0.452 e. The van der Waals surface area contributed by atoms with E-state index in [-0.39, 0.29) is 17.7 Å². The smallest absolute Gasteiger partial charge is 0.414 e. The molecule has 1 aromatic carbocycles. The number of methoxy groups -OCH3 is 1. The molecule has 1 amide bonds. The predicted octanol–water partition coefficient (Wildman–Crippen LogP) is 2.88. The fourth-order valence-corrected chi connectivity index (χ4v) is 1.51. The minimum Gasteiger partial charge on any atom is -0.452 e. The highest BCUT2D eigenvalue weighted by Crippen LogP contribution is 2.18. The lowest BCUT2D eigenvalue weighted by atomic mass is 10.3. The minimum absolute atomic E-state index is 0.0421. The van der Waals surface area contributed by atoms with Gasteiger partial charge in [-0.2, -0.15) is 0 Å². The van der Waals surface area contributed by atoms with Crippen molar-refractivity contribution in [3.05, 3.63) is 29.3 Å². The van der Waals surface area contributed by atoms with Gasteiger partial charge in [-0.05, 0) is 24.3 Å². The Morgan fingerprint density at radius 1 is 1.35 bits per heavy atom. The third kappa shape index (κ3) is 4.02. The quantitative estimate of drug-likeness (QED) is 0.801. The molecule has 4 nitrogen and oxygen atoms in total. The summed E-state index contributed by atoms with van der Waals surface area (Å²) in [6.45, 7) is -0.0421. The molecule has 0 atom stereocenters. The first-order valence-electron chi connectivity index (χ1n) is 4.77. The molecule has 92 valence electrons. The van der Waals surface area contributed by atoms with Crippen molar-refractivity contribution in [2.75, 3.05) is 23.9 Å². The SMILES string of the molecule is COC(=O)N(CC(=O)CBr)c1ccc(Cl)cc1. The molecule has 17 heavy (non-hydrogen) atoms. The van der Waals surface area contributed by atoms with Crippen LogP contribution in [0.5, 0.6) is 0 Å². The fraction of sp³-hybridized carbons (Fsp3) is 0.273. The maximum Gasteiger partial charge on any atom is 0.414 e. The van der Waals surface area contributed by atoms with E-state index < -0.39 is 6.09 Å². The van der Waals surface area contributed by atoms with E-state index in [4.69, 9.17) is 11.6 Å². The summed E-state index contributed by atoms with van der Waals surface area (Å²) in [5.74, 6) is -0.120. The summed E-state index contributed by atoms with van der Waals surface area (Å²) in [5.41, 5.74) is 0.565. The molecular weight excluding hydrogens is 309 g/mol. The first kappa shape index (κ1) is 14.0. The zero-order valence-electron chi connectivity index (χ0n) is 9.15. The summed E-state index contributed by atoms with van der Waals surface area (Å²) in [6, 6.07) is 6.60. The van der Waals surface area contributed by atoms with Crippen LogP contribution in [0.25, 0.3) is 0 Å². The lowest BCUT2D eigenvalue weighted by Gasteiger charge is -2.20. The van der Waals surface area contributed by atoms with Crippen molar-refractivity contribution < 1.29 is 14.3 Å². The lowest BCUT2D eigenvalue weighted by molar-refractivity contribution is -0.115. The van der Waals surface area contributed by atoms with Gasteiger partial charge < -0.3 is 4.74 Å². The Kier molecular flexibility index (Phi) is 5.44. The van der Waals surface area contributed by atoms with Crippen molar-refractivity contribution in [2.45, 2.75) is 0 Å². The molecular formula is C11H11BrClNO3. The van der Waals surface area contributed by atoms with E-state index in [0.717, 1.165) is 0 Å². The van der Waals surface area contributed by atoms with Gasteiger partial charge in [0.25, 0.3) is 0 Å². The summed E-state index contributed by atoms with van der Waals surface area (Å²) >= 11 is 8.80. The topological polar surface area (TPSA) is 46.6 Å². The molecule has 0 heterocycles. The number of amides is 1. The molecule has 0 N–H and O–H groups in total. The molecule has 6 heteroatoms. The van der Waals surface area contributed by atoms with Crippen LogP contribution in [-0.2, 0) is 9.53 Å². The number of ketones is 1. The van der Waals surface area contributed by atoms with Crippen molar-refractivity contribution in [2.24, 2.45) is 0 Å². The lowest BCUT2D eigenvalue weighted by Crippen LogP contribution is -2.36. The van der Waals surface area contributed by atoms with E-state index in [9.17, 15) is 9.59 Å². The van der Waals surface area contributed by atoms with Gasteiger partial charge in [-0.1, -0.05) is 27.5 Å². The molecule has 0 unspecified atom stereocenters. The molecule has 0 aliphatic rings. The predicted molar refractivity (Wildman–Crippen MR) is 70.0 cm³/mol. The van der Waals surface area contributed by atoms with Crippen LogP contribution in [0.15, 0.2) is 24.3 Å². The van der Waals surface area contributed by atoms with Crippen molar-refractivity contribution >= 4 is 45.1 Å². The number of anilines is 1. The standard InChI is InChI=1S/C11H11BrClNO3/c1-17-11(16)14(7-10(15)6-12)9-4-2-8(13)3-5-9/h2-5H,6-7H2,1H3. The summed E-state index contributed by atoms with van der Waals surface area (Å²) in [6.07, 6.45) is -0.582. The second-order valence-corrected chi connectivity index (χ2v) is 4.20. The number of halogens is 2. The molecule has 0 aliphatic carbocycles. The molecule has 0 saturated heterocycles. The van der Waals surface area contributed by atoms with Crippen molar-refractivity contribution in [1.82, 2.24) is 0 Å². The van der Waals surface area contributed by atoms with Gasteiger partial charge in [0.05, 0.1) is 19.0 Å². The number of hydrogen-bond acceptors (Lipinski definition) is 3. The van der Waals surface area contributed by atoms with Gasteiger partial charge in [0.1, 0.15) is 0 Å². The van der Waals surface area contributed by atoms with Crippen LogP contribution in [0, 0.1) is 0 Å². The highest BCUT2D eigenvalue weighted by atomic mass is 79.9. The molecule has 0 bridgehead atoms. The van der Waals surface area contributed by atoms with E-state index in [1.165, 1.54) is 12.0 Å². The second-order valence-electron chi connectivity index (χ2n) is 3.20. The van der Waals surface area contributed by atoms with Crippen LogP contribution in [0.2, 0.25) is 5.02 Å². The maximum atomic E-state index is 11.6. The number of Topliss-reactive ketones (excluding diaryl/α,β-unsaturated/α-hetero) is 1. The Balaban J connectivity index is 2.93. The Bertz CT molecular complexity index is 408. The third-order valence-electron chi connectivity index (χ3n) is 2.02. The first-order chi connectivity index (χ1) is 8.08. The number of benzene rings is 1. The molecule has 0 saturated carbocycles. The average molecular weight is 321 g/mol. The number of hydrogen-bond donors (Lipinski definition) is 0. The number of carbonyl (C=O) groups excluding carboxylic acids is 2. The Labute approximate surface area is 113 Å². The minimum atomic E-state index is -0.582. The molecule has 1 rings (SSSR count). The summed E-state index contributed by atoms with van der Waals surface area (Å²) in [7, 11) is 1.27. The number of ether oxygens (including phenoxy) is 1. The first-order valence-corrected chi connectivity index (χ1v) is 6.27. The van der Waals surface area contributed by atoms with Crippen LogP contribution in [-0.4, -0.2) is 30.9 Å². The van der Waals surface area contributed by atoms with E-state index >= 15 is 0 Å². The van der Waals surface area contributed by atoms with Crippen LogP contribution >= 0.6 is 27.5 Å². The molecule has 0 aromatic heterocycles. The third-order valence-corrected chi connectivity index (χ3v) is 2.89. The average Bonchev–Trinajstić information content (AvgIpc) is 2.36. The van der Waals surface area contributed by atoms with Crippen molar-refractivity contribution in [1.29, 1.82) is 0 Å². The number of carbonyl (C=O) groups is 2. The molecule has 0 spiro atoms. The van der Waals surface area contributed by atoms with Crippen molar-refractivity contribution in [3.63, 3.8) is 0 Å². The van der Waals surface area contributed by atoms with Crippen LogP contribution in [0.3, 0.4) is 0 Å². The van der Waals surface area contributed by atoms with E-state index in [1.807, 2.05) is 0 Å². The van der Waals surface area contributed by atoms with Crippen LogP contribution in [0.1, 0.15) is 0 Å². The second kappa shape index (κ2) is 6.61. The molecule has 1 aromatic rings. The van der Waals surface area contributed by atoms with Crippen molar-refractivity contribution in [3.8, 4) is 0 Å². The molecule has 0 radical (unpaired) electrons. The van der Waals surface area contributed by atoms with Gasteiger partial charge >= 0.3 is 6.09 Å². The maximum absolute atomic E-state index is 11.6. The van der Waals surface area contributed by atoms with Gasteiger partial charge in [-0.15, -0.1) is 0 Å². The summed E-state index contributed by atoms with van der Waals surface area (Å²) < 4.78 is 4.63. The summed E-state index contributed by atoms with van der Waals surface area (Å²) in [5, 5.41) is 0.749. The highest BCUT2D eigenvalue weighted by Gasteiger charge is 2.18. The summed E-state index contributed by atoms with van der Waals surface area (Å²) in [4.78, 5) is 24.2. The van der Waals surface area contributed by atoms with Gasteiger partial charge in [0, 0.05) is 10.7 Å². The normalized spacial score (nSPS) is 9.82. The Morgan fingerprint density at radius 3 is 2.41 bits per heavy atom. The van der Waals surface area contributed by atoms with Gasteiger partial charge in [0.15, 0.2) is 5.78 Å². The number of rotatable bonds is 4. The monoisotopic (exact) mass is 319 g/mol. The van der Waals surface area contributed by atoms with Gasteiger partial charge in [-0.25, -0.2) is 4.79 Å². The molecule has 0 fully saturated rings. The fourth-order valence-electron chi connectivity index (χ4n) is 1.21.